The van der Waals surface area contributed by atoms with E-state index in [1.165, 1.54) is 21.3 Å². The summed E-state index contributed by atoms with van der Waals surface area (Å²) in [5, 5.41) is 2.79. The first-order valence-electron chi connectivity index (χ1n) is 10.7. The second kappa shape index (κ2) is 12.2. The van der Waals surface area contributed by atoms with E-state index in [0.29, 0.717) is 62.1 Å². The molecule has 0 aliphatic carbocycles. The molecule has 9 heteroatoms. The fraction of sp³-hybridized carbons (Fsp3) is 0.565. The molecule has 1 fully saturated rings. The minimum absolute atomic E-state index is 0.162. The van der Waals surface area contributed by atoms with Crippen molar-refractivity contribution in [3.63, 3.8) is 0 Å². The molecule has 0 bridgehead atoms. The molecule has 1 heterocycles. The SMILES string of the molecule is C=CCNC(=O)N1CCO[C@H](CN(CC(C)C)C(=O)c2cc(OC)c(OC)c(OC)c2)C1. The van der Waals surface area contributed by atoms with E-state index in [4.69, 9.17) is 18.9 Å². The molecule has 32 heavy (non-hydrogen) atoms. The van der Waals surface area contributed by atoms with E-state index in [2.05, 4.69) is 11.9 Å². The zero-order valence-corrected chi connectivity index (χ0v) is 19.7. The molecule has 1 aromatic carbocycles. The van der Waals surface area contributed by atoms with E-state index in [9.17, 15) is 9.59 Å². The summed E-state index contributed by atoms with van der Waals surface area (Å²) in [6.45, 7) is 10.3. The Balaban J connectivity index is 2.22. The number of carbonyl (C=O) groups excluding carboxylic acids is 2. The van der Waals surface area contributed by atoms with Crippen LogP contribution in [0, 0.1) is 5.92 Å². The zero-order chi connectivity index (χ0) is 23.7. The topological polar surface area (TPSA) is 89.6 Å². The Hall–Kier alpha value is -2.94. The summed E-state index contributed by atoms with van der Waals surface area (Å²) < 4.78 is 22.0. The number of benzene rings is 1. The molecule has 0 aromatic heterocycles. The molecule has 0 unspecified atom stereocenters. The molecule has 2 rings (SSSR count). The number of nitrogens with zero attached hydrogens (tertiary/aromatic N) is 2. The number of morpholine rings is 1. The molecule has 1 aliphatic heterocycles. The third kappa shape index (κ3) is 6.53. The summed E-state index contributed by atoms with van der Waals surface area (Å²) >= 11 is 0. The van der Waals surface area contributed by atoms with E-state index >= 15 is 0 Å². The summed E-state index contributed by atoms with van der Waals surface area (Å²) in [6.07, 6.45) is 1.35. The molecule has 3 amide bonds. The molecular weight excluding hydrogens is 414 g/mol. The van der Waals surface area contributed by atoms with Crippen LogP contribution in [0.2, 0.25) is 0 Å². The van der Waals surface area contributed by atoms with Crippen molar-refractivity contribution in [1.29, 1.82) is 0 Å². The third-order valence-corrected chi connectivity index (χ3v) is 5.03. The highest BCUT2D eigenvalue weighted by Crippen LogP contribution is 2.38. The summed E-state index contributed by atoms with van der Waals surface area (Å²) in [5.74, 6) is 1.34. The highest BCUT2D eigenvalue weighted by Gasteiger charge is 2.29. The maximum absolute atomic E-state index is 13.5. The lowest BCUT2D eigenvalue weighted by molar-refractivity contribution is -0.0286. The Morgan fingerprint density at radius 2 is 1.91 bits per heavy atom. The minimum atomic E-state index is -0.289. The Labute approximate surface area is 190 Å². The van der Waals surface area contributed by atoms with Crippen molar-refractivity contribution in [2.24, 2.45) is 5.92 Å². The lowest BCUT2D eigenvalue weighted by Gasteiger charge is -2.36. The van der Waals surface area contributed by atoms with Crippen LogP contribution in [0.5, 0.6) is 17.2 Å². The number of amides is 3. The number of carbonyl (C=O) groups is 2. The average Bonchev–Trinajstić information content (AvgIpc) is 2.80. The van der Waals surface area contributed by atoms with E-state index in [-0.39, 0.29) is 24.0 Å². The van der Waals surface area contributed by atoms with Gasteiger partial charge in [-0.1, -0.05) is 19.9 Å². The number of nitrogens with one attached hydrogen (secondary N) is 1. The Kier molecular flexibility index (Phi) is 9.64. The maximum Gasteiger partial charge on any atom is 0.317 e. The molecule has 0 radical (unpaired) electrons. The number of hydrogen-bond acceptors (Lipinski definition) is 6. The van der Waals surface area contributed by atoms with Crippen LogP contribution in [0.15, 0.2) is 24.8 Å². The van der Waals surface area contributed by atoms with E-state index in [0.717, 1.165) is 0 Å². The quantitative estimate of drug-likeness (QED) is 0.552. The van der Waals surface area contributed by atoms with Gasteiger partial charge in [0.15, 0.2) is 11.5 Å². The monoisotopic (exact) mass is 449 g/mol. The van der Waals surface area contributed by atoms with Gasteiger partial charge in [0.1, 0.15) is 0 Å². The molecule has 1 N–H and O–H groups in total. The molecule has 178 valence electrons. The van der Waals surface area contributed by atoms with Crippen LogP contribution < -0.4 is 19.5 Å². The molecular formula is C23H35N3O6. The van der Waals surface area contributed by atoms with Crippen molar-refractivity contribution in [2.75, 3.05) is 60.7 Å². The van der Waals surface area contributed by atoms with Gasteiger partial charge in [0.05, 0.1) is 40.6 Å². The predicted octanol–water partition coefficient (Wildman–Crippen LogP) is 2.41. The van der Waals surface area contributed by atoms with Crippen LogP contribution in [-0.2, 0) is 4.74 Å². The standard InChI is InChI=1S/C23H35N3O6/c1-7-8-24-23(28)25-9-10-32-18(14-25)15-26(13-16(2)3)22(27)17-11-19(29-4)21(31-6)20(12-17)30-5/h7,11-12,16,18H,1,8-10,13-15H2,2-6H3,(H,24,28)/t18-/m0/s1. The highest BCUT2D eigenvalue weighted by atomic mass is 16.5. The van der Waals surface area contributed by atoms with E-state index in [1.54, 1.807) is 28.0 Å². The van der Waals surface area contributed by atoms with Crippen LogP contribution in [-0.4, -0.2) is 88.5 Å². The minimum Gasteiger partial charge on any atom is -0.493 e. The zero-order valence-electron chi connectivity index (χ0n) is 19.7. The van der Waals surface area contributed by atoms with Gasteiger partial charge >= 0.3 is 6.03 Å². The van der Waals surface area contributed by atoms with Crippen molar-refractivity contribution >= 4 is 11.9 Å². The van der Waals surface area contributed by atoms with Crippen molar-refractivity contribution in [3.8, 4) is 17.2 Å². The molecule has 9 nitrogen and oxygen atoms in total. The Bertz CT molecular complexity index is 773. The van der Waals surface area contributed by atoms with Gasteiger partial charge in [-0.15, -0.1) is 6.58 Å². The number of hydrogen-bond donors (Lipinski definition) is 1. The lowest BCUT2D eigenvalue weighted by atomic mass is 10.1. The van der Waals surface area contributed by atoms with E-state index < -0.39 is 0 Å². The second-order valence-corrected chi connectivity index (χ2v) is 7.93. The van der Waals surface area contributed by atoms with Gasteiger partial charge in [0, 0.05) is 31.7 Å². The summed E-state index contributed by atoms with van der Waals surface area (Å²) in [6, 6.07) is 3.13. The largest absolute Gasteiger partial charge is 0.493 e. The first-order valence-corrected chi connectivity index (χ1v) is 10.7. The third-order valence-electron chi connectivity index (χ3n) is 5.03. The van der Waals surface area contributed by atoms with Crippen LogP contribution in [0.1, 0.15) is 24.2 Å². The first kappa shape index (κ1) is 25.3. The summed E-state index contributed by atoms with van der Waals surface area (Å²) in [4.78, 5) is 29.2. The molecule has 0 spiro atoms. The predicted molar refractivity (Wildman–Crippen MR) is 122 cm³/mol. The molecule has 1 aromatic rings. The fourth-order valence-corrected chi connectivity index (χ4v) is 3.60. The number of rotatable bonds is 10. The molecule has 1 aliphatic rings. The van der Waals surface area contributed by atoms with Crippen molar-refractivity contribution in [3.05, 3.63) is 30.4 Å². The summed E-state index contributed by atoms with van der Waals surface area (Å²) in [7, 11) is 4.54. The molecule has 0 saturated carbocycles. The highest BCUT2D eigenvalue weighted by molar-refractivity contribution is 5.95. The number of urea groups is 1. The van der Waals surface area contributed by atoms with Crippen LogP contribution in [0.3, 0.4) is 0 Å². The Morgan fingerprint density at radius 1 is 1.25 bits per heavy atom. The van der Waals surface area contributed by atoms with Gasteiger partial charge < -0.3 is 34.1 Å². The van der Waals surface area contributed by atoms with Gasteiger partial charge in [0.25, 0.3) is 5.91 Å². The molecule has 1 saturated heterocycles. The number of methoxy groups -OCH3 is 3. The maximum atomic E-state index is 13.5. The number of ether oxygens (including phenoxy) is 4. The first-order chi connectivity index (χ1) is 15.3. The normalized spacial score (nSPS) is 15.8. The van der Waals surface area contributed by atoms with Crippen LogP contribution in [0.25, 0.3) is 0 Å². The smallest absolute Gasteiger partial charge is 0.317 e. The Morgan fingerprint density at radius 3 is 2.44 bits per heavy atom. The van der Waals surface area contributed by atoms with Crippen molar-refractivity contribution < 1.29 is 28.5 Å². The van der Waals surface area contributed by atoms with Crippen LogP contribution >= 0.6 is 0 Å². The average molecular weight is 450 g/mol. The second-order valence-electron chi connectivity index (χ2n) is 7.93. The molecule has 1 atom stereocenters. The summed E-state index contributed by atoms with van der Waals surface area (Å²) in [5.41, 5.74) is 0.427. The van der Waals surface area contributed by atoms with E-state index in [1.807, 2.05) is 13.8 Å². The van der Waals surface area contributed by atoms with Gasteiger partial charge in [-0.05, 0) is 18.1 Å². The van der Waals surface area contributed by atoms with Gasteiger partial charge in [-0.3, -0.25) is 4.79 Å². The van der Waals surface area contributed by atoms with Gasteiger partial charge in [-0.25, -0.2) is 4.79 Å². The van der Waals surface area contributed by atoms with Gasteiger partial charge in [0.2, 0.25) is 5.75 Å². The van der Waals surface area contributed by atoms with Crippen LogP contribution in [0.4, 0.5) is 4.79 Å². The fourth-order valence-electron chi connectivity index (χ4n) is 3.60. The lowest BCUT2D eigenvalue weighted by Crippen LogP contribution is -2.53. The van der Waals surface area contributed by atoms with Crippen molar-refractivity contribution in [2.45, 2.75) is 20.0 Å². The van der Waals surface area contributed by atoms with Gasteiger partial charge in [-0.2, -0.15) is 0 Å². The van der Waals surface area contributed by atoms with Crippen molar-refractivity contribution in [1.82, 2.24) is 15.1 Å².